The lowest BCUT2D eigenvalue weighted by Crippen LogP contribution is -2.32. The zero-order valence-corrected chi connectivity index (χ0v) is 16.2. The van der Waals surface area contributed by atoms with Crippen LogP contribution in [0.2, 0.25) is 0 Å². The number of imidazole rings is 1. The van der Waals surface area contributed by atoms with Crippen molar-refractivity contribution in [1.29, 1.82) is 0 Å². The van der Waals surface area contributed by atoms with Crippen molar-refractivity contribution in [2.45, 2.75) is 66.3 Å². The van der Waals surface area contributed by atoms with Gasteiger partial charge in [0.25, 0.3) is 0 Å². The van der Waals surface area contributed by atoms with Crippen LogP contribution in [0, 0.1) is 0 Å². The molecule has 0 radical (unpaired) electrons. The predicted molar refractivity (Wildman–Crippen MR) is 103 cm³/mol. The molecule has 1 aromatic heterocycles. The molecule has 0 bridgehead atoms. The van der Waals surface area contributed by atoms with Crippen LogP contribution in [0.4, 0.5) is 0 Å². The van der Waals surface area contributed by atoms with Crippen molar-refractivity contribution < 1.29 is 9.53 Å². The minimum absolute atomic E-state index is 0.0304. The molecule has 1 aliphatic heterocycles. The monoisotopic (exact) mass is 359 g/mol. The lowest BCUT2D eigenvalue weighted by Gasteiger charge is -2.23. The Balaban J connectivity index is 2.14. The van der Waals surface area contributed by atoms with Gasteiger partial charge in [-0.3, -0.25) is 4.79 Å². The number of aromatic amines is 1. The Morgan fingerprint density at radius 3 is 2.85 bits per heavy atom. The van der Waals surface area contributed by atoms with Gasteiger partial charge in [-0.1, -0.05) is 20.8 Å². The number of nitrogens with zero attached hydrogens (tertiary/aromatic N) is 4. The smallest absolute Gasteiger partial charge is 0.243 e. The Bertz CT molecular complexity index is 703. The maximum atomic E-state index is 12.2. The highest BCUT2D eigenvalue weighted by atomic mass is 16.5. The second-order valence-electron chi connectivity index (χ2n) is 6.21. The molecule has 1 amide bonds. The number of hydrogen-bond acceptors (Lipinski definition) is 5. The number of aryl methyl sites for hydroxylation is 1. The summed E-state index contributed by atoms with van der Waals surface area (Å²) in [5, 5.41) is 6.11. The molecule has 1 N–H and O–H groups in total. The Kier molecular flexibility index (Phi) is 7.56. The van der Waals surface area contributed by atoms with Crippen molar-refractivity contribution in [3.63, 3.8) is 0 Å². The molecule has 7 nitrogen and oxygen atoms in total. The van der Waals surface area contributed by atoms with Crippen molar-refractivity contribution in [2.75, 3.05) is 6.61 Å². The van der Waals surface area contributed by atoms with E-state index in [1.807, 2.05) is 20.0 Å². The van der Waals surface area contributed by atoms with E-state index in [0.29, 0.717) is 31.9 Å². The number of amides is 1. The minimum atomic E-state index is 0.0304. The van der Waals surface area contributed by atoms with Crippen LogP contribution in [0.25, 0.3) is 0 Å². The van der Waals surface area contributed by atoms with Crippen LogP contribution < -0.4 is 0 Å². The van der Waals surface area contributed by atoms with Gasteiger partial charge in [-0.05, 0) is 18.4 Å². The number of rotatable bonds is 8. The summed E-state index contributed by atoms with van der Waals surface area (Å²) >= 11 is 0. The highest BCUT2D eigenvalue weighted by Gasteiger charge is 2.22. The van der Waals surface area contributed by atoms with E-state index < -0.39 is 0 Å². The Labute approximate surface area is 155 Å². The summed E-state index contributed by atoms with van der Waals surface area (Å²) in [6.45, 7) is 9.09. The molecule has 0 aliphatic carbocycles. The lowest BCUT2D eigenvalue weighted by atomic mass is 10.0. The van der Waals surface area contributed by atoms with Crippen molar-refractivity contribution in [2.24, 2.45) is 10.1 Å². The molecule has 1 aromatic rings. The molecule has 0 unspecified atom stereocenters. The quantitative estimate of drug-likeness (QED) is 0.569. The number of nitrogens with one attached hydrogen (secondary N) is 1. The molecule has 0 aromatic carbocycles. The second-order valence-corrected chi connectivity index (χ2v) is 6.21. The molecule has 7 heteroatoms. The average Bonchev–Trinajstić information content (AvgIpc) is 3.10. The first kappa shape index (κ1) is 19.9. The van der Waals surface area contributed by atoms with Crippen molar-refractivity contribution in [1.82, 2.24) is 15.0 Å². The van der Waals surface area contributed by atoms with E-state index in [1.165, 1.54) is 5.01 Å². The third-order valence-electron chi connectivity index (χ3n) is 4.11. The summed E-state index contributed by atoms with van der Waals surface area (Å²) in [6, 6.07) is 0. The van der Waals surface area contributed by atoms with Gasteiger partial charge in [0.15, 0.2) is 5.90 Å². The zero-order valence-electron chi connectivity index (χ0n) is 16.2. The number of H-pyrrole nitrogens is 1. The van der Waals surface area contributed by atoms with Gasteiger partial charge in [0.05, 0.1) is 30.8 Å². The molecule has 2 heterocycles. The maximum Gasteiger partial charge on any atom is 0.243 e. The highest BCUT2D eigenvalue weighted by Crippen LogP contribution is 2.18. The van der Waals surface area contributed by atoms with E-state index in [0.717, 1.165) is 42.1 Å². The molecular weight excluding hydrogens is 330 g/mol. The van der Waals surface area contributed by atoms with Crippen LogP contribution in [0.5, 0.6) is 0 Å². The first-order valence-corrected chi connectivity index (χ1v) is 9.34. The normalized spacial score (nSPS) is 16.1. The molecule has 0 saturated heterocycles. The largest absolute Gasteiger partial charge is 0.481 e. The highest BCUT2D eigenvalue weighted by molar-refractivity contribution is 6.03. The van der Waals surface area contributed by atoms with Gasteiger partial charge in [-0.15, -0.1) is 0 Å². The van der Waals surface area contributed by atoms with Crippen LogP contribution in [0.3, 0.4) is 0 Å². The standard InChI is InChI=1S/C19H29N5O2/c1-5-10-26-14(4)20-11-15(6-2)17-8-9-19(25)24(23-17)13-16-12-21-18(7-3)22-16/h11-12H,5-10,13H2,1-4H3,(H,21,22)/b15-11+,20-14?. The van der Waals surface area contributed by atoms with E-state index >= 15 is 0 Å². The van der Waals surface area contributed by atoms with E-state index in [9.17, 15) is 4.79 Å². The second kappa shape index (κ2) is 9.89. The van der Waals surface area contributed by atoms with Crippen molar-refractivity contribution in [3.8, 4) is 0 Å². The van der Waals surface area contributed by atoms with Gasteiger partial charge < -0.3 is 9.72 Å². The van der Waals surface area contributed by atoms with Gasteiger partial charge in [0.1, 0.15) is 5.82 Å². The molecule has 1 aliphatic rings. The number of allylic oxidation sites excluding steroid dienone is 1. The molecular formula is C19H29N5O2. The first-order chi connectivity index (χ1) is 12.6. The van der Waals surface area contributed by atoms with Crippen LogP contribution in [0.1, 0.15) is 64.9 Å². The number of hydrazone groups is 1. The van der Waals surface area contributed by atoms with Crippen LogP contribution in [-0.4, -0.2) is 39.1 Å². The topological polar surface area (TPSA) is 82.9 Å². The fourth-order valence-corrected chi connectivity index (χ4v) is 2.61. The number of aromatic nitrogens is 2. The minimum Gasteiger partial charge on any atom is -0.481 e. The third kappa shape index (κ3) is 5.54. The fraction of sp³-hybridized carbons (Fsp3) is 0.579. The summed E-state index contributed by atoms with van der Waals surface area (Å²) < 4.78 is 5.49. The van der Waals surface area contributed by atoms with Crippen LogP contribution in [-0.2, 0) is 22.5 Å². The van der Waals surface area contributed by atoms with Crippen molar-refractivity contribution >= 4 is 17.5 Å². The summed E-state index contributed by atoms with van der Waals surface area (Å²) in [7, 11) is 0. The molecule has 0 spiro atoms. The van der Waals surface area contributed by atoms with Crippen LogP contribution >= 0.6 is 0 Å². The summed E-state index contributed by atoms with van der Waals surface area (Å²) in [5.41, 5.74) is 2.83. The maximum absolute atomic E-state index is 12.2. The lowest BCUT2D eigenvalue weighted by molar-refractivity contribution is -0.132. The molecule has 26 heavy (non-hydrogen) atoms. The van der Waals surface area contributed by atoms with E-state index in [4.69, 9.17) is 4.74 Å². The Morgan fingerprint density at radius 1 is 1.38 bits per heavy atom. The van der Waals surface area contributed by atoms with Crippen molar-refractivity contribution in [3.05, 3.63) is 29.5 Å². The molecule has 142 valence electrons. The third-order valence-corrected chi connectivity index (χ3v) is 4.11. The van der Waals surface area contributed by atoms with Gasteiger partial charge in [-0.2, -0.15) is 5.10 Å². The summed E-state index contributed by atoms with van der Waals surface area (Å²) in [5.74, 6) is 1.59. The summed E-state index contributed by atoms with van der Waals surface area (Å²) in [4.78, 5) is 24.1. The van der Waals surface area contributed by atoms with E-state index in [1.54, 1.807) is 6.20 Å². The molecule has 0 atom stereocenters. The number of carbonyl (C=O) groups is 1. The van der Waals surface area contributed by atoms with Gasteiger partial charge >= 0.3 is 0 Å². The van der Waals surface area contributed by atoms with E-state index in [2.05, 4.69) is 33.9 Å². The number of carbonyl (C=O) groups excluding carboxylic acids is 1. The number of hydrogen-bond donors (Lipinski definition) is 1. The zero-order chi connectivity index (χ0) is 18.9. The fourth-order valence-electron chi connectivity index (χ4n) is 2.61. The SMILES string of the molecule is CCCOC(C)=N/C=C(\CC)C1=NN(Cc2cnc(CC)[nH]2)C(=O)CC1. The van der Waals surface area contributed by atoms with E-state index in [-0.39, 0.29) is 5.91 Å². The summed E-state index contributed by atoms with van der Waals surface area (Å²) in [6.07, 6.45) is 7.27. The van der Waals surface area contributed by atoms with Crippen LogP contribution in [0.15, 0.2) is 28.1 Å². The average molecular weight is 359 g/mol. The van der Waals surface area contributed by atoms with Gasteiger partial charge in [0.2, 0.25) is 5.91 Å². The number of ether oxygens (including phenoxy) is 1. The molecule has 0 saturated carbocycles. The van der Waals surface area contributed by atoms with Gasteiger partial charge in [-0.25, -0.2) is 15.0 Å². The Hall–Kier alpha value is -2.44. The number of aliphatic imine (C=N–C) groups is 1. The molecule has 0 fully saturated rings. The molecule has 2 rings (SSSR count). The first-order valence-electron chi connectivity index (χ1n) is 9.34. The van der Waals surface area contributed by atoms with Gasteiger partial charge in [0, 0.05) is 32.4 Å². The predicted octanol–water partition coefficient (Wildman–Crippen LogP) is 3.59. The Morgan fingerprint density at radius 2 is 2.19 bits per heavy atom.